The molecule has 4 nitrogen and oxygen atoms in total. The van der Waals surface area contributed by atoms with Gasteiger partial charge in [0.2, 0.25) is 0 Å². The molecule has 0 aromatic carbocycles. The lowest BCUT2D eigenvalue weighted by atomic mass is 10.1. The van der Waals surface area contributed by atoms with Crippen LogP contribution < -0.4 is 4.90 Å². The number of hydrogen-bond donors (Lipinski definition) is 0. The summed E-state index contributed by atoms with van der Waals surface area (Å²) < 4.78 is 27.2. The minimum atomic E-state index is -2.77. The Bertz CT molecular complexity index is 592. The minimum Gasteiger partial charge on any atom is -0.310 e. The van der Waals surface area contributed by atoms with Gasteiger partial charge in [-0.2, -0.15) is 16.4 Å². The first kappa shape index (κ1) is 13.7. The van der Waals surface area contributed by atoms with E-state index in [4.69, 9.17) is 0 Å². The first-order chi connectivity index (χ1) is 8.93. The molecule has 102 valence electrons. The molecule has 2 aromatic heterocycles. The monoisotopic (exact) mass is 285 g/mol. The molecule has 0 saturated heterocycles. The van der Waals surface area contributed by atoms with Crippen molar-refractivity contribution < 1.29 is 13.6 Å². The molecule has 2 heterocycles. The summed E-state index contributed by atoms with van der Waals surface area (Å²) in [5.41, 5.74) is 0.624. The number of halogens is 2. The lowest BCUT2D eigenvalue weighted by Crippen LogP contribution is -2.27. The fourth-order valence-corrected chi connectivity index (χ4v) is 2.46. The summed E-state index contributed by atoms with van der Waals surface area (Å²) in [6.07, 6.45) is -2.77. The smallest absolute Gasteiger partial charge is 0.282 e. The second-order valence-electron chi connectivity index (χ2n) is 4.12. The van der Waals surface area contributed by atoms with Crippen molar-refractivity contribution in [1.29, 1.82) is 0 Å². The van der Waals surface area contributed by atoms with Gasteiger partial charge in [-0.3, -0.25) is 9.48 Å². The standard InChI is InChI=1S/C12H13F2N3OS/c1-7-9(10(11(13)14)15-17(7)3)12(18)16(2)8-4-5-19-6-8/h4-6,11H,1-3H3. The van der Waals surface area contributed by atoms with Crippen molar-refractivity contribution >= 4 is 22.9 Å². The Balaban J connectivity index is 2.44. The van der Waals surface area contributed by atoms with Crippen molar-refractivity contribution in [3.8, 4) is 0 Å². The van der Waals surface area contributed by atoms with E-state index in [0.29, 0.717) is 11.4 Å². The number of rotatable bonds is 3. The average Bonchev–Trinajstić information content (AvgIpc) is 2.97. The van der Waals surface area contributed by atoms with Crippen molar-refractivity contribution in [2.24, 2.45) is 7.05 Å². The Kier molecular flexibility index (Phi) is 3.66. The highest BCUT2D eigenvalue weighted by Gasteiger charge is 2.28. The first-order valence-electron chi connectivity index (χ1n) is 5.55. The highest BCUT2D eigenvalue weighted by atomic mass is 32.1. The van der Waals surface area contributed by atoms with E-state index in [9.17, 15) is 13.6 Å². The zero-order chi connectivity index (χ0) is 14.2. The average molecular weight is 285 g/mol. The van der Waals surface area contributed by atoms with Crippen molar-refractivity contribution in [3.05, 3.63) is 33.8 Å². The van der Waals surface area contributed by atoms with E-state index in [-0.39, 0.29) is 5.56 Å². The van der Waals surface area contributed by atoms with Gasteiger partial charge in [-0.25, -0.2) is 8.78 Å². The lowest BCUT2D eigenvalue weighted by Gasteiger charge is -2.16. The van der Waals surface area contributed by atoms with Crippen molar-refractivity contribution in [2.45, 2.75) is 13.3 Å². The highest BCUT2D eigenvalue weighted by Crippen LogP contribution is 2.27. The van der Waals surface area contributed by atoms with Gasteiger partial charge in [0.25, 0.3) is 12.3 Å². The van der Waals surface area contributed by atoms with Gasteiger partial charge in [-0.15, -0.1) is 0 Å². The molecule has 2 rings (SSSR count). The van der Waals surface area contributed by atoms with Crippen LogP contribution in [-0.2, 0) is 7.05 Å². The number of aromatic nitrogens is 2. The Hall–Kier alpha value is -1.76. The maximum Gasteiger partial charge on any atom is 0.282 e. The van der Waals surface area contributed by atoms with Crippen LogP contribution in [0.25, 0.3) is 0 Å². The topological polar surface area (TPSA) is 38.1 Å². The number of carbonyl (C=O) groups is 1. The molecule has 0 radical (unpaired) electrons. The maximum absolute atomic E-state index is 12.9. The zero-order valence-electron chi connectivity index (χ0n) is 10.7. The zero-order valence-corrected chi connectivity index (χ0v) is 11.5. The van der Waals surface area contributed by atoms with E-state index >= 15 is 0 Å². The first-order valence-corrected chi connectivity index (χ1v) is 6.49. The molecular formula is C12H13F2N3OS. The summed E-state index contributed by atoms with van der Waals surface area (Å²) in [6, 6.07) is 1.76. The molecule has 0 atom stereocenters. The number of alkyl halides is 2. The Morgan fingerprint density at radius 1 is 1.53 bits per heavy atom. The van der Waals surface area contributed by atoms with E-state index in [1.165, 1.54) is 20.9 Å². The SMILES string of the molecule is Cc1c(C(=O)N(C)c2ccsc2)c(C(F)F)nn1C. The number of anilines is 1. The third kappa shape index (κ3) is 2.37. The van der Waals surface area contributed by atoms with Crippen LogP contribution in [0.1, 0.15) is 28.2 Å². The Morgan fingerprint density at radius 3 is 2.74 bits per heavy atom. The van der Waals surface area contributed by atoms with E-state index in [1.807, 2.05) is 5.38 Å². The Labute approximate surface area is 113 Å². The molecule has 1 amide bonds. The second kappa shape index (κ2) is 5.08. The summed E-state index contributed by atoms with van der Waals surface area (Å²) in [4.78, 5) is 13.7. The summed E-state index contributed by atoms with van der Waals surface area (Å²) in [6.45, 7) is 1.60. The molecule has 2 aromatic rings. The van der Waals surface area contributed by atoms with Crippen LogP contribution in [0, 0.1) is 6.92 Å². The van der Waals surface area contributed by atoms with Crippen LogP contribution in [0.3, 0.4) is 0 Å². The highest BCUT2D eigenvalue weighted by molar-refractivity contribution is 7.08. The molecule has 0 spiro atoms. The van der Waals surface area contributed by atoms with E-state index < -0.39 is 18.0 Å². The fourth-order valence-electron chi connectivity index (χ4n) is 1.78. The minimum absolute atomic E-state index is 0.0220. The van der Waals surface area contributed by atoms with Crippen molar-refractivity contribution in [2.75, 3.05) is 11.9 Å². The fraction of sp³-hybridized carbons (Fsp3) is 0.333. The number of nitrogens with zero attached hydrogens (tertiary/aromatic N) is 3. The van der Waals surface area contributed by atoms with Gasteiger partial charge >= 0.3 is 0 Å². The predicted octanol–water partition coefficient (Wildman–Crippen LogP) is 3.00. The number of carbonyl (C=O) groups excluding carboxylic acids is 1. The van der Waals surface area contributed by atoms with Gasteiger partial charge in [0.15, 0.2) is 0 Å². The van der Waals surface area contributed by atoms with Gasteiger partial charge in [0.1, 0.15) is 5.69 Å². The third-order valence-corrected chi connectivity index (χ3v) is 3.65. The van der Waals surface area contributed by atoms with Gasteiger partial charge < -0.3 is 4.90 Å². The van der Waals surface area contributed by atoms with Gasteiger partial charge in [0, 0.05) is 25.2 Å². The molecule has 0 unspecified atom stereocenters. The number of hydrogen-bond acceptors (Lipinski definition) is 3. The molecule has 0 aliphatic carbocycles. The van der Waals surface area contributed by atoms with Gasteiger partial charge in [0.05, 0.1) is 11.3 Å². The molecule has 0 fully saturated rings. The molecule has 0 aliphatic rings. The molecule has 0 saturated carbocycles. The lowest BCUT2D eigenvalue weighted by molar-refractivity contribution is 0.0977. The van der Waals surface area contributed by atoms with E-state index in [1.54, 1.807) is 32.5 Å². The van der Waals surface area contributed by atoms with Crippen molar-refractivity contribution in [3.63, 3.8) is 0 Å². The molecule has 7 heteroatoms. The molecular weight excluding hydrogens is 272 g/mol. The Morgan fingerprint density at radius 2 is 2.21 bits per heavy atom. The predicted molar refractivity (Wildman–Crippen MR) is 70.0 cm³/mol. The van der Waals surface area contributed by atoms with E-state index in [0.717, 1.165) is 0 Å². The van der Waals surface area contributed by atoms with Gasteiger partial charge in [-0.05, 0) is 18.4 Å². The van der Waals surface area contributed by atoms with Crippen LogP contribution in [0.2, 0.25) is 0 Å². The van der Waals surface area contributed by atoms with Crippen molar-refractivity contribution in [1.82, 2.24) is 9.78 Å². The molecule has 0 aliphatic heterocycles. The normalized spacial score (nSPS) is 11.1. The maximum atomic E-state index is 12.9. The molecule has 0 N–H and O–H groups in total. The second-order valence-corrected chi connectivity index (χ2v) is 4.90. The third-order valence-electron chi connectivity index (χ3n) is 2.98. The van der Waals surface area contributed by atoms with Crippen LogP contribution in [0.5, 0.6) is 0 Å². The number of aryl methyl sites for hydroxylation is 1. The summed E-state index contributed by atoms with van der Waals surface area (Å²) in [5.74, 6) is -0.473. The molecule has 0 bridgehead atoms. The quantitative estimate of drug-likeness (QED) is 0.869. The van der Waals surface area contributed by atoms with Crippen LogP contribution in [-0.4, -0.2) is 22.7 Å². The van der Waals surface area contributed by atoms with E-state index in [2.05, 4.69) is 5.10 Å². The summed E-state index contributed by atoms with van der Waals surface area (Å²) in [7, 11) is 3.11. The van der Waals surface area contributed by atoms with Gasteiger partial charge in [-0.1, -0.05) is 0 Å². The van der Waals surface area contributed by atoms with Crippen LogP contribution in [0.15, 0.2) is 16.8 Å². The van der Waals surface area contributed by atoms with Crippen LogP contribution >= 0.6 is 11.3 Å². The number of thiophene rings is 1. The van der Waals surface area contributed by atoms with Crippen LogP contribution in [0.4, 0.5) is 14.5 Å². The summed E-state index contributed by atoms with van der Waals surface area (Å²) >= 11 is 1.44. The summed E-state index contributed by atoms with van der Waals surface area (Å²) in [5, 5.41) is 7.32. The molecule has 19 heavy (non-hydrogen) atoms. The largest absolute Gasteiger partial charge is 0.310 e. The number of amides is 1.